The first kappa shape index (κ1) is 19.4. The average Bonchev–Trinajstić information content (AvgIpc) is 3.18. The summed E-state index contributed by atoms with van der Waals surface area (Å²) >= 11 is 0. The van der Waals surface area contributed by atoms with E-state index in [1.165, 1.54) is 38.6 Å². The number of amides is 3. The monoisotopic (exact) mass is 410 g/mol. The highest BCUT2D eigenvalue weighted by Gasteiger charge is 2.27. The van der Waals surface area contributed by atoms with Gasteiger partial charge in [0.2, 0.25) is 5.91 Å². The number of imide groups is 1. The van der Waals surface area contributed by atoms with E-state index in [-0.39, 0.29) is 11.9 Å². The van der Waals surface area contributed by atoms with Gasteiger partial charge in [-0.1, -0.05) is 19.3 Å². The van der Waals surface area contributed by atoms with Gasteiger partial charge >= 0.3 is 6.03 Å². The van der Waals surface area contributed by atoms with E-state index >= 15 is 0 Å². The van der Waals surface area contributed by atoms with Crippen molar-refractivity contribution in [1.82, 2.24) is 19.8 Å². The molecular formula is C22H30N6O2. The van der Waals surface area contributed by atoms with Gasteiger partial charge in [0, 0.05) is 45.7 Å². The first-order valence-corrected chi connectivity index (χ1v) is 11.2. The summed E-state index contributed by atoms with van der Waals surface area (Å²) in [5.41, 5.74) is 2.77. The number of anilines is 2. The molecule has 1 aliphatic carbocycles. The summed E-state index contributed by atoms with van der Waals surface area (Å²) in [4.78, 5) is 30.2. The minimum atomic E-state index is -0.376. The molecule has 0 bridgehead atoms. The van der Waals surface area contributed by atoms with Crippen molar-refractivity contribution in [2.45, 2.75) is 38.5 Å². The number of rotatable bonds is 4. The van der Waals surface area contributed by atoms with Crippen molar-refractivity contribution in [2.75, 3.05) is 49.1 Å². The Morgan fingerprint density at radius 2 is 1.80 bits per heavy atom. The maximum atomic E-state index is 12.2. The molecule has 8 heteroatoms. The van der Waals surface area contributed by atoms with Crippen LogP contribution >= 0.6 is 0 Å². The molecule has 2 saturated heterocycles. The van der Waals surface area contributed by atoms with Gasteiger partial charge in [-0.3, -0.25) is 19.9 Å². The van der Waals surface area contributed by atoms with Gasteiger partial charge in [-0.25, -0.2) is 9.31 Å². The normalized spacial score (nSPS) is 22.0. The molecule has 0 radical (unpaired) electrons. The number of nitrogens with zero attached hydrogens (tertiary/aromatic N) is 5. The summed E-state index contributed by atoms with van der Waals surface area (Å²) in [6.07, 6.45) is 11.1. The summed E-state index contributed by atoms with van der Waals surface area (Å²) in [5, 5.41) is 6.84. The van der Waals surface area contributed by atoms with Crippen LogP contribution < -0.4 is 15.1 Å². The van der Waals surface area contributed by atoms with Gasteiger partial charge in [-0.05, 0) is 30.9 Å². The highest BCUT2D eigenvalue weighted by molar-refractivity contribution is 6.07. The van der Waals surface area contributed by atoms with E-state index < -0.39 is 0 Å². The number of urea groups is 1. The molecule has 3 aliphatic rings. The number of aromatic nitrogens is 2. The third-order valence-electron chi connectivity index (χ3n) is 6.80. The Balaban J connectivity index is 1.24. The second-order valence-corrected chi connectivity index (χ2v) is 8.79. The zero-order valence-electron chi connectivity index (χ0n) is 17.4. The van der Waals surface area contributed by atoms with Gasteiger partial charge in [-0.15, -0.1) is 0 Å². The van der Waals surface area contributed by atoms with Gasteiger partial charge in [0.1, 0.15) is 0 Å². The zero-order chi connectivity index (χ0) is 20.5. The molecule has 8 nitrogen and oxygen atoms in total. The minimum Gasteiger partial charge on any atom is -0.368 e. The van der Waals surface area contributed by atoms with E-state index in [9.17, 15) is 9.59 Å². The Labute approximate surface area is 176 Å². The molecule has 4 heterocycles. The number of nitrogens with one attached hydrogen (secondary N) is 1. The van der Waals surface area contributed by atoms with Crippen molar-refractivity contribution in [3.8, 4) is 0 Å². The first-order valence-electron chi connectivity index (χ1n) is 11.2. The molecule has 2 aliphatic heterocycles. The summed E-state index contributed by atoms with van der Waals surface area (Å²) < 4.78 is 1.84. The van der Waals surface area contributed by atoms with Gasteiger partial charge in [0.25, 0.3) is 0 Å². The number of pyridine rings is 1. The fraction of sp³-hybridized carbons (Fsp3) is 0.591. The summed E-state index contributed by atoms with van der Waals surface area (Å²) in [6, 6.07) is 3.76. The molecule has 2 aromatic heterocycles. The topological polar surface area (TPSA) is 73.2 Å². The van der Waals surface area contributed by atoms with Crippen LogP contribution in [0.5, 0.6) is 0 Å². The maximum absolute atomic E-state index is 12.2. The minimum absolute atomic E-state index is 0.224. The third-order valence-corrected chi connectivity index (χ3v) is 6.80. The number of carbonyl (C=O) groups is 2. The maximum Gasteiger partial charge on any atom is 0.328 e. The SMILES string of the molecule is O=C1CCN(c2cnn3cc(N4CCN(CC5CCCCC5)CC4)ccc23)C(=O)N1. The van der Waals surface area contributed by atoms with E-state index in [2.05, 4.69) is 26.3 Å². The van der Waals surface area contributed by atoms with Crippen LogP contribution in [0.25, 0.3) is 5.52 Å². The van der Waals surface area contributed by atoms with Crippen molar-refractivity contribution in [2.24, 2.45) is 5.92 Å². The number of carbonyl (C=O) groups excluding carboxylic acids is 2. The average molecular weight is 411 g/mol. The molecule has 5 rings (SSSR count). The van der Waals surface area contributed by atoms with Gasteiger partial charge in [0.15, 0.2) is 0 Å². The number of hydrogen-bond acceptors (Lipinski definition) is 5. The molecule has 0 spiro atoms. The van der Waals surface area contributed by atoms with Crippen LogP contribution in [0.4, 0.5) is 16.2 Å². The molecule has 0 aromatic carbocycles. The summed E-state index contributed by atoms with van der Waals surface area (Å²) in [5.74, 6) is 0.670. The van der Waals surface area contributed by atoms with Crippen LogP contribution in [0.1, 0.15) is 38.5 Å². The Morgan fingerprint density at radius 3 is 2.57 bits per heavy atom. The lowest BCUT2D eigenvalue weighted by Crippen LogP contribution is -2.49. The van der Waals surface area contributed by atoms with Crippen molar-refractivity contribution >= 4 is 28.8 Å². The predicted molar refractivity (Wildman–Crippen MR) is 116 cm³/mol. The van der Waals surface area contributed by atoms with E-state index in [1.807, 2.05) is 16.8 Å². The molecule has 3 fully saturated rings. The molecular weight excluding hydrogens is 380 g/mol. The number of fused-ring (bicyclic) bond motifs is 1. The van der Waals surface area contributed by atoms with E-state index in [4.69, 9.17) is 0 Å². The van der Waals surface area contributed by atoms with E-state index in [0.717, 1.165) is 49.0 Å². The Kier molecular flexibility index (Phi) is 5.33. The number of hydrogen-bond donors (Lipinski definition) is 1. The third kappa shape index (κ3) is 3.88. The molecule has 160 valence electrons. The lowest BCUT2D eigenvalue weighted by molar-refractivity contribution is -0.120. The molecule has 2 aromatic rings. The lowest BCUT2D eigenvalue weighted by atomic mass is 9.89. The van der Waals surface area contributed by atoms with Crippen LogP contribution in [-0.4, -0.2) is 65.7 Å². The molecule has 1 saturated carbocycles. The smallest absolute Gasteiger partial charge is 0.328 e. The standard InChI is InChI=1S/C22H30N6O2/c29-21-8-9-27(22(30)24-21)20-14-23-28-16-18(6-7-19(20)28)26-12-10-25(11-13-26)15-17-4-2-1-3-5-17/h6-7,14,16-17H,1-5,8-13,15H2,(H,24,29,30). The highest BCUT2D eigenvalue weighted by Crippen LogP contribution is 2.27. The quantitative estimate of drug-likeness (QED) is 0.838. The first-order chi connectivity index (χ1) is 14.7. The van der Waals surface area contributed by atoms with Crippen LogP contribution in [-0.2, 0) is 4.79 Å². The van der Waals surface area contributed by atoms with Gasteiger partial charge in [-0.2, -0.15) is 5.10 Å². The zero-order valence-corrected chi connectivity index (χ0v) is 17.4. The fourth-order valence-corrected chi connectivity index (χ4v) is 5.07. The molecule has 1 N–H and O–H groups in total. The van der Waals surface area contributed by atoms with Crippen molar-refractivity contribution in [3.63, 3.8) is 0 Å². The largest absolute Gasteiger partial charge is 0.368 e. The molecule has 30 heavy (non-hydrogen) atoms. The van der Waals surface area contributed by atoms with Crippen LogP contribution in [0.3, 0.4) is 0 Å². The van der Waals surface area contributed by atoms with Crippen LogP contribution in [0, 0.1) is 5.92 Å². The Morgan fingerprint density at radius 1 is 1.00 bits per heavy atom. The Hall–Kier alpha value is -2.61. The number of piperazine rings is 1. The summed E-state index contributed by atoms with van der Waals surface area (Å²) in [6.45, 7) is 5.93. The predicted octanol–water partition coefficient (Wildman–Crippen LogP) is 2.48. The van der Waals surface area contributed by atoms with Crippen molar-refractivity contribution < 1.29 is 9.59 Å². The van der Waals surface area contributed by atoms with Crippen LogP contribution in [0.15, 0.2) is 24.5 Å². The molecule has 3 amide bonds. The summed E-state index contributed by atoms with van der Waals surface area (Å²) in [7, 11) is 0. The van der Waals surface area contributed by atoms with Gasteiger partial charge < -0.3 is 4.90 Å². The van der Waals surface area contributed by atoms with E-state index in [0.29, 0.717) is 13.0 Å². The van der Waals surface area contributed by atoms with Crippen molar-refractivity contribution in [1.29, 1.82) is 0 Å². The fourth-order valence-electron chi connectivity index (χ4n) is 5.07. The second-order valence-electron chi connectivity index (χ2n) is 8.79. The van der Waals surface area contributed by atoms with Crippen LogP contribution in [0.2, 0.25) is 0 Å². The van der Waals surface area contributed by atoms with E-state index in [1.54, 1.807) is 11.1 Å². The van der Waals surface area contributed by atoms with Gasteiger partial charge in [0.05, 0.1) is 29.3 Å². The molecule has 0 unspecified atom stereocenters. The lowest BCUT2D eigenvalue weighted by Gasteiger charge is -2.38. The molecule has 0 atom stereocenters. The second kappa shape index (κ2) is 8.26. The van der Waals surface area contributed by atoms with Crippen molar-refractivity contribution in [3.05, 3.63) is 24.5 Å². The highest BCUT2D eigenvalue weighted by atomic mass is 16.2. The Bertz CT molecular complexity index is 927.